The van der Waals surface area contributed by atoms with Gasteiger partial charge in [-0.05, 0) is 19.1 Å². The highest BCUT2D eigenvalue weighted by molar-refractivity contribution is 5.97. The normalized spacial score (nSPS) is 18.9. The largest absolute Gasteiger partial charge is 0.493 e. The Bertz CT molecular complexity index is 879. The summed E-state index contributed by atoms with van der Waals surface area (Å²) in [6.07, 6.45) is -2.29. The number of aliphatic carboxylic acids is 1. The van der Waals surface area contributed by atoms with Crippen LogP contribution < -0.4 is 14.8 Å². The van der Waals surface area contributed by atoms with Crippen molar-refractivity contribution in [1.29, 1.82) is 0 Å². The van der Waals surface area contributed by atoms with Crippen LogP contribution in [0.2, 0.25) is 0 Å². The lowest BCUT2D eigenvalue weighted by molar-refractivity contribution is -0.146. The molecule has 1 amide bonds. The first-order valence-corrected chi connectivity index (χ1v) is 8.44. The lowest BCUT2D eigenvalue weighted by Gasteiger charge is -2.24. The molecule has 2 aromatic carbocycles. The molecule has 0 spiro atoms. The van der Waals surface area contributed by atoms with Crippen LogP contribution >= 0.6 is 0 Å². The van der Waals surface area contributed by atoms with Gasteiger partial charge in [0.25, 0.3) is 5.91 Å². The number of carboxylic acids is 1. The lowest BCUT2D eigenvalue weighted by atomic mass is 9.97. The second-order valence-electron chi connectivity index (χ2n) is 6.27. The molecule has 1 aliphatic heterocycles. The Labute approximate surface area is 156 Å². The van der Waals surface area contributed by atoms with Gasteiger partial charge in [-0.15, -0.1) is 0 Å². The van der Waals surface area contributed by atoms with Crippen LogP contribution in [0.15, 0.2) is 36.4 Å². The molecule has 0 saturated heterocycles. The third-order valence-corrected chi connectivity index (χ3v) is 4.42. The van der Waals surface area contributed by atoms with Gasteiger partial charge in [0.2, 0.25) is 0 Å². The van der Waals surface area contributed by atoms with E-state index in [0.717, 1.165) is 11.1 Å². The molecule has 2 unspecified atom stereocenters. The van der Waals surface area contributed by atoms with Crippen molar-refractivity contribution in [2.75, 3.05) is 19.5 Å². The van der Waals surface area contributed by atoms with E-state index >= 15 is 0 Å². The van der Waals surface area contributed by atoms with E-state index in [9.17, 15) is 14.7 Å². The van der Waals surface area contributed by atoms with Crippen LogP contribution in [0.1, 0.15) is 29.2 Å². The quantitative estimate of drug-likeness (QED) is 0.839. The number of para-hydroxylation sites is 1. The zero-order valence-corrected chi connectivity index (χ0v) is 15.3. The monoisotopic (exact) mass is 371 g/mol. The Balaban J connectivity index is 2.18. The van der Waals surface area contributed by atoms with Gasteiger partial charge in [-0.3, -0.25) is 9.59 Å². The van der Waals surface area contributed by atoms with Crippen molar-refractivity contribution in [2.24, 2.45) is 0 Å². The Kier molecular flexibility index (Phi) is 5.32. The summed E-state index contributed by atoms with van der Waals surface area (Å²) in [5.41, 5.74) is 2.93. The standard InChI is InChI=1S/C20H21NO6/c1-11-7-8-14-13(9-11)18(27-16(10-17(22)23)20(24)21-14)12-5-4-6-15(25-2)19(12)26-3/h4-9,16,18H,10H2,1-3H3,(H,21,24)(H,22,23). The van der Waals surface area contributed by atoms with Crippen molar-refractivity contribution < 1.29 is 28.9 Å². The molecule has 1 aliphatic rings. The van der Waals surface area contributed by atoms with Crippen LogP contribution in [-0.2, 0) is 14.3 Å². The molecule has 142 valence electrons. The maximum atomic E-state index is 12.5. The van der Waals surface area contributed by atoms with Gasteiger partial charge in [0, 0.05) is 16.8 Å². The molecular formula is C20H21NO6. The molecule has 0 aliphatic carbocycles. The predicted molar refractivity (Wildman–Crippen MR) is 98.3 cm³/mol. The van der Waals surface area contributed by atoms with E-state index in [2.05, 4.69) is 5.32 Å². The van der Waals surface area contributed by atoms with Crippen LogP contribution in [0.4, 0.5) is 5.69 Å². The van der Waals surface area contributed by atoms with Crippen molar-refractivity contribution in [2.45, 2.75) is 25.6 Å². The van der Waals surface area contributed by atoms with Crippen molar-refractivity contribution in [3.05, 3.63) is 53.1 Å². The summed E-state index contributed by atoms with van der Waals surface area (Å²) in [4.78, 5) is 23.7. The number of methoxy groups -OCH3 is 2. The summed E-state index contributed by atoms with van der Waals surface area (Å²) < 4.78 is 16.9. The number of benzene rings is 2. The predicted octanol–water partition coefficient (Wildman–Crippen LogP) is 2.91. The molecule has 2 atom stereocenters. The van der Waals surface area contributed by atoms with Crippen LogP contribution in [0.25, 0.3) is 0 Å². The van der Waals surface area contributed by atoms with Gasteiger partial charge < -0.3 is 24.6 Å². The number of rotatable bonds is 5. The number of hydrogen-bond acceptors (Lipinski definition) is 5. The lowest BCUT2D eigenvalue weighted by Crippen LogP contribution is -2.31. The smallest absolute Gasteiger partial charge is 0.306 e. The van der Waals surface area contributed by atoms with Crippen molar-refractivity contribution in [3.8, 4) is 11.5 Å². The van der Waals surface area contributed by atoms with E-state index in [1.54, 1.807) is 18.2 Å². The molecule has 27 heavy (non-hydrogen) atoms. The zero-order chi connectivity index (χ0) is 19.6. The van der Waals surface area contributed by atoms with Crippen molar-refractivity contribution in [3.63, 3.8) is 0 Å². The van der Waals surface area contributed by atoms with E-state index in [4.69, 9.17) is 14.2 Å². The third-order valence-electron chi connectivity index (χ3n) is 4.42. The summed E-state index contributed by atoms with van der Waals surface area (Å²) >= 11 is 0. The fraction of sp³-hybridized carbons (Fsp3) is 0.300. The number of carbonyl (C=O) groups excluding carboxylic acids is 1. The number of carboxylic acid groups (broad SMARTS) is 1. The van der Waals surface area contributed by atoms with Crippen LogP contribution in [0, 0.1) is 6.92 Å². The van der Waals surface area contributed by atoms with E-state index in [-0.39, 0.29) is 0 Å². The first kappa shape index (κ1) is 18.7. The number of anilines is 1. The van der Waals surface area contributed by atoms with Crippen LogP contribution in [0.5, 0.6) is 11.5 Å². The molecule has 0 bridgehead atoms. The van der Waals surface area contributed by atoms with Gasteiger partial charge in [-0.2, -0.15) is 0 Å². The topological polar surface area (TPSA) is 94.1 Å². The van der Waals surface area contributed by atoms with Gasteiger partial charge in [-0.25, -0.2) is 0 Å². The average Bonchev–Trinajstić information content (AvgIpc) is 2.77. The highest BCUT2D eigenvalue weighted by Crippen LogP contribution is 2.43. The summed E-state index contributed by atoms with van der Waals surface area (Å²) in [6, 6.07) is 10.9. The van der Waals surface area contributed by atoms with E-state index < -0.39 is 30.5 Å². The maximum absolute atomic E-state index is 12.5. The minimum absolute atomic E-state index is 0.443. The number of carbonyl (C=O) groups is 2. The number of aryl methyl sites for hydroxylation is 1. The van der Waals surface area contributed by atoms with E-state index in [1.807, 2.05) is 25.1 Å². The summed E-state index contributed by atoms with van der Waals surface area (Å²) in [7, 11) is 3.05. The maximum Gasteiger partial charge on any atom is 0.306 e. The first-order valence-electron chi connectivity index (χ1n) is 8.44. The molecule has 2 N–H and O–H groups in total. The third kappa shape index (κ3) is 3.73. The number of hydrogen-bond donors (Lipinski definition) is 2. The zero-order valence-electron chi connectivity index (χ0n) is 15.3. The molecule has 0 saturated carbocycles. The molecule has 2 aromatic rings. The fourth-order valence-electron chi connectivity index (χ4n) is 3.18. The minimum Gasteiger partial charge on any atom is -0.493 e. The van der Waals surface area contributed by atoms with Gasteiger partial charge in [-0.1, -0.05) is 29.8 Å². The summed E-state index contributed by atoms with van der Waals surface area (Å²) in [5.74, 6) is -0.618. The van der Waals surface area contributed by atoms with Crippen LogP contribution in [0.3, 0.4) is 0 Å². The molecule has 3 rings (SSSR count). The van der Waals surface area contributed by atoms with Gasteiger partial charge in [0.15, 0.2) is 11.5 Å². The minimum atomic E-state index is -1.14. The SMILES string of the molecule is COc1cccc(C2OC(CC(=O)O)C(=O)Nc3ccc(C)cc32)c1OC. The van der Waals surface area contributed by atoms with E-state index in [1.165, 1.54) is 14.2 Å². The molecular weight excluding hydrogens is 350 g/mol. The van der Waals surface area contributed by atoms with Gasteiger partial charge in [0.05, 0.1) is 20.6 Å². The molecule has 0 fully saturated rings. The average molecular weight is 371 g/mol. The first-order chi connectivity index (χ1) is 12.9. The number of fused-ring (bicyclic) bond motifs is 1. The van der Waals surface area contributed by atoms with Crippen LogP contribution in [-0.4, -0.2) is 37.3 Å². The van der Waals surface area contributed by atoms with Crippen molar-refractivity contribution >= 4 is 17.6 Å². The summed E-state index contributed by atoms with van der Waals surface area (Å²) in [6.45, 7) is 1.93. The Morgan fingerprint density at radius 2 is 1.96 bits per heavy atom. The second-order valence-corrected chi connectivity index (χ2v) is 6.27. The second kappa shape index (κ2) is 7.67. The molecule has 7 nitrogen and oxygen atoms in total. The summed E-state index contributed by atoms with van der Waals surface area (Å²) in [5, 5.41) is 11.9. The highest BCUT2D eigenvalue weighted by Gasteiger charge is 2.34. The van der Waals surface area contributed by atoms with Gasteiger partial charge in [0.1, 0.15) is 12.2 Å². The Morgan fingerprint density at radius 3 is 2.63 bits per heavy atom. The van der Waals surface area contributed by atoms with Crippen molar-refractivity contribution in [1.82, 2.24) is 0 Å². The highest BCUT2D eigenvalue weighted by atomic mass is 16.5. The van der Waals surface area contributed by atoms with E-state index in [0.29, 0.717) is 22.7 Å². The number of amides is 1. The van der Waals surface area contributed by atoms with Gasteiger partial charge >= 0.3 is 5.97 Å². The molecule has 0 radical (unpaired) electrons. The fourth-order valence-corrected chi connectivity index (χ4v) is 3.18. The molecule has 7 heteroatoms. The number of ether oxygens (including phenoxy) is 3. The number of nitrogens with one attached hydrogen (secondary N) is 1. The Morgan fingerprint density at radius 1 is 1.19 bits per heavy atom. The Hall–Kier alpha value is -3.06. The molecule has 1 heterocycles. The molecule has 0 aromatic heterocycles.